The summed E-state index contributed by atoms with van der Waals surface area (Å²) in [6, 6.07) is 19.9. The van der Waals surface area contributed by atoms with Crippen LogP contribution in [-0.2, 0) is 6.42 Å². The highest BCUT2D eigenvalue weighted by Crippen LogP contribution is 2.35. The third kappa shape index (κ3) is 5.66. The number of hydrogen-bond donors (Lipinski definition) is 2. The number of ether oxygens (including phenoxy) is 3. The molecule has 1 heterocycles. The van der Waals surface area contributed by atoms with Crippen molar-refractivity contribution in [1.82, 2.24) is 9.97 Å². The van der Waals surface area contributed by atoms with Gasteiger partial charge in [0.25, 0.3) is 0 Å². The number of rotatable bonds is 10. The molecule has 8 heteroatoms. The van der Waals surface area contributed by atoms with Gasteiger partial charge in [0.15, 0.2) is 11.5 Å². The van der Waals surface area contributed by atoms with Gasteiger partial charge in [-0.2, -0.15) is 4.98 Å². The molecule has 4 aromatic rings. The van der Waals surface area contributed by atoms with Crippen molar-refractivity contribution in [3.8, 4) is 17.2 Å². The molecule has 0 saturated carbocycles. The van der Waals surface area contributed by atoms with E-state index in [2.05, 4.69) is 39.8 Å². The molecule has 0 fully saturated rings. The summed E-state index contributed by atoms with van der Waals surface area (Å²) >= 11 is 0. The Bertz CT molecular complexity index is 1290. The van der Waals surface area contributed by atoms with Gasteiger partial charge in [-0.3, -0.25) is 0 Å². The monoisotopic (exact) mass is 473 g/mol. The van der Waals surface area contributed by atoms with E-state index in [0.29, 0.717) is 24.0 Å². The van der Waals surface area contributed by atoms with Crippen LogP contribution in [0, 0.1) is 0 Å². The first-order valence-corrected chi connectivity index (χ1v) is 11.4. The van der Waals surface area contributed by atoms with Crippen LogP contribution in [0.3, 0.4) is 0 Å². The Balaban J connectivity index is 1.65. The van der Waals surface area contributed by atoms with Gasteiger partial charge in [0.1, 0.15) is 11.6 Å². The average Bonchev–Trinajstić information content (AvgIpc) is 2.88. The third-order valence-corrected chi connectivity index (χ3v) is 5.68. The molecule has 0 aliphatic carbocycles. The molecular formula is C27H31N5O3. The van der Waals surface area contributed by atoms with Crippen molar-refractivity contribution in [3.63, 3.8) is 0 Å². The number of benzene rings is 3. The highest BCUT2D eigenvalue weighted by atomic mass is 16.5. The Labute approximate surface area is 205 Å². The van der Waals surface area contributed by atoms with Crippen LogP contribution in [0.5, 0.6) is 17.2 Å². The predicted molar refractivity (Wildman–Crippen MR) is 142 cm³/mol. The zero-order chi connectivity index (χ0) is 24.8. The van der Waals surface area contributed by atoms with E-state index in [1.165, 1.54) is 5.56 Å². The van der Waals surface area contributed by atoms with E-state index in [-0.39, 0.29) is 0 Å². The summed E-state index contributed by atoms with van der Waals surface area (Å²) in [4.78, 5) is 11.6. The standard InChI is InChI=1S/C27H31N5O3/c1-32(2)20-8-6-7-19(15-20)29-27-30-23-17-25(35-5)24(34-4)16-22(23)26(31-27)28-14-13-18-9-11-21(33-3)12-10-18/h6-12,15-17H,13-14H2,1-5H3,(H2,28,29,30,31). The summed E-state index contributed by atoms with van der Waals surface area (Å²) in [5.74, 6) is 3.30. The predicted octanol–water partition coefficient (Wildman–Crippen LogP) is 5.12. The van der Waals surface area contributed by atoms with Crippen molar-refractivity contribution in [3.05, 3.63) is 66.2 Å². The molecule has 0 spiro atoms. The number of fused-ring (bicyclic) bond motifs is 1. The van der Waals surface area contributed by atoms with Gasteiger partial charge in [-0.1, -0.05) is 18.2 Å². The molecule has 0 bridgehead atoms. The van der Waals surface area contributed by atoms with Crippen molar-refractivity contribution in [2.75, 3.05) is 57.5 Å². The lowest BCUT2D eigenvalue weighted by Gasteiger charge is -2.16. The van der Waals surface area contributed by atoms with E-state index in [1.807, 2.05) is 50.5 Å². The van der Waals surface area contributed by atoms with Gasteiger partial charge in [-0.15, -0.1) is 0 Å². The van der Waals surface area contributed by atoms with Gasteiger partial charge in [0, 0.05) is 43.5 Å². The number of aromatic nitrogens is 2. The van der Waals surface area contributed by atoms with Crippen molar-refractivity contribution in [1.29, 1.82) is 0 Å². The summed E-state index contributed by atoms with van der Waals surface area (Å²) in [6.07, 6.45) is 0.830. The number of methoxy groups -OCH3 is 3. The summed E-state index contributed by atoms with van der Waals surface area (Å²) in [5.41, 5.74) is 3.94. The Morgan fingerprint density at radius 1 is 0.829 bits per heavy atom. The Kier molecular flexibility index (Phi) is 7.40. The molecule has 3 aromatic carbocycles. The van der Waals surface area contributed by atoms with Crippen LogP contribution in [0.2, 0.25) is 0 Å². The second kappa shape index (κ2) is 10.8. The zero-order valence-corrected chi connectivity index (χ0v) is 20.8. The van der Waals surface area contributed by atoms with E-state index in [9.17, 15) is 0 Å². The summed E-state index contributed by atoms with van der Waals surface area (Å²) < 4.78 is 16.3. The summed E-state index contributed by atoms with van der Waals surface area (Å²) in [5, 5.41) is 7.68. The van der Waals surface area contributed by atoms with E-state index >= 15 is 0 Å². The Hall–Kier alpha value is -4.20. The molecule has 182 valence electrons. The number of nitrogens with one attached hydrogen (secondary N) is 2. The molecule has 8 nitrogen and oxygen atoms in total. The molecule has 1 aromatic heterocycles. The fourth-order valence-corrected chi connectivity index (χ4v) is 3.75. The quantitative estimate of drug-likeness (QED) is 0.329. The highest BCUT2D eigenvalue weighted by molar-refractivity contribution is 5.93. The smallest absolute Gasteiger partial charge is 0.229 e. The lowest BCUT2D eigenvalue weighted by molar-refractivity contribution is 0.356. The SMILES string of the molecule is COc1ccc(CCNc2nc(Nc3cccc(N(C)C)c3)nc3cc(OC)c(OC)cc23)cc1. The van der Waals surface area contributed by atoms with Gasteiger partial charge in [-0.25, -0.2) is 4.98 Å². The number of anilines is 4. The molecule has 0 amide bonds. The second-order valence-electron chi connectivity index (χ2n) is 8.21. The molecule has 0 radical (unpaired) electrons. The molecule has 0 unspecified atom stereocenters. The van der Waals surface area contributed by atoms with E-state index < -0.39 is 0 Å². The number of nitrogens with zero attached hydrogens (tertiary/aromatic N) is 3. The maximum Gasteiger partial charge on any atom is 0.229 e. The normalized spacial score (nSPS) is 10.7. The zero-order valence-electron chi connectivity index (χ0n) is 20.8. The van der Waals surface area contributed by atoms with Crippen molar-refractivity contribution >= 4 is 34.0 Å². The molecule has 0 saturated heterocycles. The van der Waals surface area contributed by atoms with Crippen LogP contribution in [0.15, 0.2) is 60.7 Å². The summed E-state index contributed by atoms with van der Waals surface area (Å²) in [6.45, 7) is 0.697. The van der Waals surface area contributed by atoms with E-state index in [1.54, 1.807) is 21.3 Å². The fraction of sp³-hybridized carbons (Fsp3) is 0.259. The lowest BCUT2D eigenvalue weighted by atomic mass is 10.1. The molecule has 0 aliphatic rings. The van der Waals surface area contributed by atoms with Gasteiger partial charge < -0.3 is 29.7 Å². The highest BCUT2D eigenvalue weighted by Gasteiger charge is 2.14. The minimum Gasteiger partial charge on any atom is -0.497 e. The molecule has 2 N–H and O–H groups in total. The first-order chi connectivity index (χ1) is 17.0. The maximum absolute atomic E-state index is 5.52. The van der Waals surface area contributed by atoms with Gasteiger partial charge in [0.05, 0.1) is 26.8 Å². The molecule has 35 heavy (non-hydrogen) atoms. The van der Waals surface area contributed by atoms with Crippen LogP contribution in [-0.4, -0.2) is 51.9 Å². The topological polar surface area (TPSA) is 80.8 Å². The molecule has 0 aliphatic heterocycles. The Morgan fingerprint density at radius 3 is 2.26 bits per heavy atom. The van der Waals surface area contributed by atoms with Crippen LogP contribution < -0.4 is 29.7 Å². The summed E-state index contributed by atoms with van der Waals surface area (Å²) in [7, 11) is 8.93. The Morgan fingerprint density at radius 2 is 1.57 bits per heavy atom. The van der Waals surface area contributed by atoms with Crippen molar-refractivity contribution in [2.45, 2.75) is 6.42 Å². The second-order valence-corrected chi connectivity index (χ2v) is 8.21. The van der Waals surface area contributed by atoms with Crippen molar-refractivity contribution < 1.29 is 14.2 Å². The maximum atomic E-state index is 5.52. The molecule has 4 rings (SSSR count). The minimum absolute atomic E-state index is 0.493. The van der Waals surface area contributed by atoms with Gasteiger partial charge in [0.2, 0.25) is 5.95 Å². The van der Waals surface area contributed by atoms with Gasteiger partial charge >= 0.3 is 0 Å². The number of hydrogen-bond acceptors (Lipinski definition) is 8. The molecular weight excluding hydrogens is 442 g/mol. The van der Waals surface area contributed by atoms with Gasteiger partial charge in [-0.05, 0) is 48.4 Å². The third-order valence-electron chi connectivity index (χ3n) is 5.68. The molecule has 0 atom stereocenters. The lowest BCUT2D eigenvalue weighted by Crippen LogP contribution is -2.10. The largest absolute Gasteiger partial charge is 0.497 e. The van der Waals surface area contributed by atoms with Crippen LogP contribution in [0.25, 0.3) is 10.9 Å². The van der Waals surface area contributed by atoms with E-state index in [0.717, 1.165) is 40.3 Å². The van der Waals surface area contributed by atoms with Crippen LogP contribution in [0.4, 0.5) is 23.1 Å². The van der Waals surface area contributed by atoms with Crippen LogP contribution >= 0.6 is 0 Å². The minimum atomic E-state index is 0.493. The van der Waals surface area contributed by atoms with Crippen molar-refractivity contribution in [2.24, 2.45) is 0 Å². The first kappa shape index (κ1) is 23.9. The van der Waals surface area contributed by atoms with Crippen LogP contribution in [0.1, 0.15) is 5.56 Å². The first-order valence-electron chi connectivity index (χ1n) is 11.4. The van der Waals surface area contributed by atoms with E-state index in [4.69, 9.17) is 24.2 Å². The fourth-order valence-electron chi connectivity index (χ4n) is 3.75. The average molecular weight is 474 g/mol.